The summed E-state index contributed by atoms with van der Waals surface area (Å²) in [6.07, 6.45) is 5.04. The van der Waals surface area contributed by atoms with E-state index in [2.05, 4.69) is 16.6 Å². The summed E-state index contributed by atoms with van der Waals surface area (Å²) in [6.45, 7) is 10.8. The van der Waals surface area contributed by atoms with Gasteiger partial charge in [0.25, 0.3) is 5.91 Å². The molecule has 2 rings (SSSR count). The Kier molecular flexibility index (Phi) is 10.1. The van der Waals surface area contributed by atoms with Crippen molar-refractivity contribution >= 4 is 23.6 Å². The van der Waals surface area contributed by atoms with Crippen LogP contribution >= 0.6 is 0 Å². The minimum absolute atomic E-state index is 0.192. The molecule has 0 fully saturated rings. The van der Waals surface area contributed by atoms with E-state index in [1.807, 2.05) is 13.8 Å². The number of anilines is 1. The maximum Gasteiger partial charge on any atom is 0.408 e. The molecule has 0 aliphatic heterocycles. The molecule has 2 aromatic rings. The number of carbonyl (C=O) groups is 3. The molecule has 37 heavy (non-hydrogen) atoms. The fraction of sp³-hybridized carbons (Fsp3) is 0.414. The Morgan fingerprint density at radius 2 is 1.68 bits per heavy atom. The minimum atomic E-state index is -1.05. The second-order valence-electron chi connectivity index (χ2n) is 9.84. The van der Waals surface area contributed by atoms with Crippen LogP contribution in [0.4, 0.5) is 10.5 Å². The van der Waals surface area contributed by atoms with Crippen molar-refractivity contribution < 1.29 is 23.9 Å². The third kappa shape index (κ3) is 8.01. The number of amides is 3. The van der Waals surface area contributed by atoms with E-state index >= 15 is 0 Å². The molecule has 0 saturated carbocycles. The van der Waals surface area contributed by atoms with Crippen molar-refractivity contribution in [3.8, 4) is 18.1 Å². The quantitative estimate of drug-likeness (QED) is 0.477. The summed E-state index contributed by atoms with van der Waals surface area (Å²) < 4.78 is 10.6. The summed E-state index contributed by atoms with van der Waals surface area (Å²) in [5.74, 6) is 2.11. The van der Waals surface area contributed by atoms with Gasteiger partial charge in [-0.1, -0.05) is 38.0 Å². The number of alkyl carbamates (subject to hydrolysis) is 1. The van der Waals surface area contributed by atoms with Gasteiger partial charge in [0, 0.05) is 17.8 Å². The number of hydrogen-bond acceptors (Lipinski definition) is 5. The van der Waals surface area contributed by atoms with Gasteiger partial charge in [0.15, 0.2) is 0 Å². The highest BCUT2D eigenvalue weighted by Crippen LogP contribution is 2.28. The standard InChI is InChI=1S/C29H37N3O5/c1-9-20-13-11-12-14-23(20)25(26(33)30-21-15-17-22(36-8)18-16-21)32(10-2)27(34)24(19(3)4)31-28(35)37-29(5,6)7/h1,11-19,24-25H,10H2,2-8H3,(H,30,33)(H,31,35). The van der Waals surface area contributed by atoms with Gasteiger partial charge in [-0.3, -0.25) is 9.59 Å². The lowest BCUT2D eigenvalue weighted by Gasteiger charge is -2.35. The molecule has 2 atom stereocenters. The van der Waals surface area contributed by atoms with Crippen molar-refractivity contribution in [1.29, 1.82) is 0 Å². The molecule has 0 aromatic heterocycles. The summed E-state index contributed by atoms with van der Waals surface area (Å²) in [5.41, 5.74) is 0.798. The first-order valence-electron chi connectivity index (χ1n) is 12.2. The van der Waals surface area contributed by atoms with Crippen LogP contribution in [-0.2, 0) is 14.3 Å². The summed E-state index contributed by atoms with van der Waals surface area (Å²) >= 11 is 0. The Hall–Kier alpha value is -3.99. The van der Waals surface area contributed by atoms with Crippen LogP contribution < -0.4 is 15.4 Å². The Morgan fingerprint density at radius 1 is 1.05 bits per heavy atom. The topological polar surface area (TPSA) is 97.0 Å². The molecule has 2 aromatic carbocycles. The second-order valence-corrected chi connectivity index (χ2v) is 9.84. The van der Waals surface area contributed by atoms with Gasteiger partial charge in [-0.05, 0) is 69.5 Å². The normalized spacial score (nSPS) is 12.6. The lowest BCUT2D eigenvalue weighted by Crippen LogP contribution is -2.54. The smallest absolute Gasteiger partial charge is 0.408 e. The first-order valence-corrected chi connectivity index (χ1v) is 12.2. The molecule has 2 N–H and O–H groups in total. The van der Waals surface area contributed by atoms with Crippen LogP contribution in [0.5, 0.6) is 5.75 Å². The highest BCUT2D eigenvalue weighted by Gasteiger charge is 2.37. The predicted octanol–water partition coefficient (Wildman–Crippen LogP) is 4.75. The summed E-state index contributed by atoms with van der Waals surface area (Å²) in [7, 11) is 1.56. The van der Waals surface area contributed by atoms with Crippen molar-refractivity contribution in [2.24, 2.45) is 5.92 Å². The van der Waals surface area contributed by atoms with Crippen molar-refractivity contribution in [1.82, 2.24) is 10.2 Å². The third-order valence-electron chi connectivity index (χ3n) is 5.56. The number of terminal acetylenes is 1. The van der Waals surface area contributed by atoms with Crippen LogP contribution in [0.15, 0.2) is 48.5 Å². The Balaban J connectivity index is 2.48. The highest BCUT2D eigenvalue weighted by molar-refractivity contribution is 5.99. The molecule has 0 saturated heterocycles. The maximum absolute atomic E-state index is 13.9. The van der Waals surface area contributed by atoms with E-state index < -0.39 is 35.6 Å². The second kappa shape index (κ2) is 12.8. The average Bonchev–Trinajstić information content (AvgIpc) is 2.84. The van der Waals surface area contributed by atoms with Crippen LogP contribution in [0.2, 0.25) is 0 Å². The van der Waals surface area contributed by atoms with Gasteiger partial charge in [0.1, 0.15) is 23.4 Å². The minimum Gasteiger partial charge on any atom is -0.497 e. The Labute approximate surface area is 219 Å². The lowest BCUT2D eigenvalue weighted by molar-refractivity contribution is -0.141. The van der Waals surface area contributed by atoms with Crippen LogP contribution in [-0.4, -0.2) is 48.1 Å². The monoisotopic (exact) mass is 507 g/mol. The average molecular weight is 508 g/mol. The lowest BCUT2D eigenvalue weighted by atomic mass is 9.96. The van der Waals surface area contributed by atoms with Crippen molar-refractivity contribution in [3.63, 3.8) is 0 Å². The van der Waals surface area contributed by atoms with Gasteiger partial charge in [-0.25, -0.2) is 4.79 Å². The van der Waals surface area contributed by atoms with Gasteiger partial charge in [-0.2, -0.15) is 0 Å². The molecule has 0 heterocycles. The van der Waals surface area contributed by atoms with Gasteiger partial charge in [0.05, 0.1) is 7.11 Å². The maximum atomic E-state index is 13.9. The molecule has 3 amide bonds. The van der Waals surface area contributed by atoms with E-state index in [-0.39, 0.29) is 12.5 Å². The molecule has 2 unspecified atom stereocenters. The van der Waals surface area contributed by atoms with Crippen molar-refractivity contribution in [2.45, 2.75) is 59.2 Å². The number of nitrogens with zero attached hydrogens (tertiary/aromatic N) is 1. The van der Waals surface area contributed by atoms with Crippen LogP contribution in [0, 0.1) is 18.3 Å². The fourth-order valence-electron chi connectivity index (χ4n) is 3.79. The molecule has 8 nitrogen and oxygen atoms in total. The zero-order valence-electron chi connectivity index (χ0n) is 22.6. The molecular weight excluding hydrogens is 470 g/mol. The van der Waals surface area contributed by atoms with E-state index in [1.54, 1.807) is 83.3 Å². The first-order chi connectivity index (χ1) is 17.4. The van der Waals surface area contributed by atoms with Gasteiger partial charge >= 0.3 is 6.09 Å². The van der Waals surface area contributed by atoms with Gasteiger partial charge < -0.3 is 25.0 Å². The third-order valence-corrected chi connectivity index (χ3v) is 5.56. The summed E-state index contributed by atoms with van der Waals surface area (Å²) in [5, 5.41) is 5.57. The van der Waals surface area contributed by atoms with E-state index in [4.69, 9.17) is 15.9 Å². The van der Waals surface area contributed by atoms with Crippen LogP contribution in [0.3, 0.4) is 0 Å². The number of carbonyl (C=O) groups excluding carboxylic acids is 3. The van der Waals surface area contributed by atoms with Crippen LogP contribution in [0.25, 0.3) is 0 Å². The Bertz CT molecular complexity index is 1130. The molecule has 0 radical (unpaired) electrons. The van der Waals surface area contributed by atoms with E-state index in [0.29, 0.717) is 22.6 Å². The molecule has 0 bridgehead atoms. The van der Waals surface area contributed by atoms with E-state index in [0.717, 1.165) is 0 Å². The summed E-state index contributed by atoms with van der Waals surface area (Å²) in [6, 6.07) is 11.9. The fourth-order valence-corrected chi connectivity index (χ4v) is 3.79. The predicted molar refractivity (Wildman–Crippen MR) is 144 cm³/mol. The van der Waals surface area contributed by atoms with E-state index in [9.17, 15) is 14.4 Å². The van der Waals surface area contributed by atoms with Crippen molar-refractivity contribution in [2.75, 3.05) is 19.0 Å². The number of nitrogens with one attached hydrogen (secondary N) is 2. The molecular formula is C29H37N3O5. The molecule has 8 heteroatoms. The van der Waals surface area contributed by atoms with Gasteiger partial charge in [0.2, 0.25) is 5.91 Å². The number of likely N-dealkylation sites (N-methyl/N-ethyl adjacent to an activating group) is 1. The Morgan fingerprint density at radius 3 is 2.19 bits per heavy atom. The number of benzene rings is 2. The zero-order chi connectivity index (χ0) is 27.8. The highest BCUT2D eigenvalue weighted by atomic mass is 16.6. The number of methoxy groups -OCH3 is 1. The van der Waals surface area contributed by atoms with E-state index in [1.165, 1.54) is 4.90 Å². The SMILES string of the molecule is C#Cc1ccccc1C(C(=O)Nc1ccc(OC)cc1)N(CC)C(=O)C(NC(=O)OC(C)(C)C)C(C)C. The summed E-state index contributed by atoms with van der Waals surface area (Å²) in [4.78, 5) is 41.6. The number of rotatable bonds is 9. The molecule has 0 spiro atoms. The van der Waals surface area contributed by atoms with Crippen molar-refractivity contribution in [3.05, 3.63) is 59.7 Å². The van der Waals surface area contributed by atoms with Crippen LogP contribution in [0.1, 0.15) is 58.7 Å². The molecule has 198 valence electrons. The zero-order valence-corrected chi connectivity index (χ0v) is 22.6. The largest absolute Gasteiger partial charge is 0.497 e. The van der Waals surface area contributed by atoms with Gasteiger partial charge in [-0.15, -0.1) is 6.42 Å². The first kappa shape index (κ1) is 29.2. The molecule has 0 aliphatic carbocycles. The number of hydrogen-bond donors (Lipinski definition) is 2. The molecule has 0 aliphatic rings. The number of ether oxygens (including phenoxy) is 2.